The van der Waals surface area contributed by atoms with Crippen molar-refractivity contribution in [3.05, 3.63) is 64.3 Å². The summed E-state index contributed by atoms with van der Waals surface area (Å²) in [6.45, 7) is 3.24. The summed E-state index contributed by atoms with van der Waals surface area (Å²) >= 11 is 13.1. The second-order valence-electron chi connectivity index (χ2n) is 8.28. The van der Waals surface area contributed by atoms with Gasteiger partial charge in [-0.05, 0) is 61.7 Å². The number of anilines is 1. The third kappa shape index (κ3) is 4.76. The number of halogens is 2. The van der Waals surface area contributed by atoms with Crippen molar-refractivity contribution in [3.8, 4) is 17.1 Å². The van der Waals surface area contributed by atoms with Crippen LogP contribution in [0.15, 0.2) is 48.7 Å². The van der Waals surface area contributed by atoms with E-state index in [-0.39, 0.29) is 5.75 Å². The summed E-state index contributed by atoms with van der Waals surface area (Å²) in [4.78, 5) is 14.1. The molecule has 1 aliphatic heterocycles. The van der Waals surface area contributed by atoms with E-state index in [0.717, 1.165) is 43.7 Å². The molecule has 0 aliphatic carbocycles. The highest BCUT2D eigenvalue weighted by atomic mass is 35.5. The first-order valence-corrected chi connectivity index (χ1v) is 11.7. The third-order valence-corrected chi connectivity index (χ3v) is 6.50. The molecule has 1 saturated heterocycles. The Bertz CT molecular complexity index is 1270. The fraction of sp³-hybridized carbons (Fsp3) is 0.292. The van der Waals surface area contributed by atoms with Crippen LogP contribution >= 0.6 is 23.2 Å². The highest BCUT2D eigenvalue weighted by molar-refractivity contribution is 6.39. The van der Waals surface area contributed by atoms with Crippen LogP contribution in [0.4, 0.5) is 5.95 Å². The first-order chi connectivity index (χ1) is 16.1. The molecule has 9 heteroatoms. The van der Waals surface area contributed by atoms with Crippen LogP contribution in [-0.2, 0) is 13.1 Å². The molecule has 1 fully saturated rings. The van der Waals surface area contributed by atoms with Crippen LogP contribution in [0.3, 0.4) is 0 Å². The number of piperidine rings is 1. The van der Waals surface area contributed by atoms with Crippen LogP contribution in [0.25, 0.3) is 22.6 Å². The van der Waals surface area contributed by atoms with Crippen LogP contribution < -0.4 is 10.6 Å². The van der Waals surface area contributed by atoms with E-state index in [1.807, 2.05) is 30.3 Å². The average molecular weight is 483 g/mol. The largest absolute Gasteiger partial charge is 0.508 e. The van der Waals surface area contributed by atoms with Gasteiger partial charge in [-0.25, -0.2) is 9.97 Å². The second kappa shape index (κ2) is 9.55. The Morgan fingerprint density at radius 1 is 1.12 bits per heavy atom. The normalized spacial score (nSPS) is 16.2. The van der Waals surface area contributed by atoms with Crippen LogP contribution in [0.1, 0.15) is 18.4 Å². The number of phenols is 1. The molecule has 0 bridgehead atoms. The Morgan fingerprint density at radius 2 is 1.94 bits per heavy atom. The minimum atomic E-state index is 0.228. The standard InChI is InChI=1S/C24H24Cl2N6O/c25-18-7-2-8-19(26)21(18)23-30-20-13-29-24(28-12-15-4-1-6-17(33)10-15)31-22(20)32(23)14-16-5-3-9-27-11-16/h1-2,4,6-8,10,13,16,27,33H,3,5,9,11-12,14H2,(H,28,29,31)/t16-/m1/s1. The van der Waals surface area contributed by atoms with Crippen molar-refractivity contribution in [1.82, 2.24) is 24.8 Å². The van der Waals surface area contributed by atoms with E-state index in [4.69, 9.17) is 33.2 Å². The molecule has 0 amide bonds. The van der Waals surface area contributed by atoms with E-state index in [9.17, 15) is 5.11 Å². The third-order valence-electron chi connectivity index (χ3n) is 5.87. The molecule has 0 saturated carbocycles. The molecule has 5 rings (SSSR count). The number of imidazole rings is 1. The summed E-state index contributed by atoms with van der Waals surface area (Å²) in [5.41, 5.74) is 3.06. The van der Waals surface area contributed by atoms with E-state index in [1.54, 1.807) is 18.3 Å². The van der Waals surface area contributed by atoms with Crippen molar-refractivity contribution in [2.24, 2.45) is 5.92 Å². The van der Waals surface area contributed by atoms with Gasteiger partial charge >= 0.3 is 0 Å². The number of phenolic OH excluding ortho intramolecular Hbond substituents is 1. The van der Waals surface area contributed by atoms with E-state index < -0.39 is 0 Å². The molecule has 1 atom stereocenters. The predicted molar refractivity (Wildman–Crippen MR) is 132 cm³/mol. The minimum Gasteiger partial charge on any atom is -0.508 e. The van der Waals surface area contributed by atoms with Gasteiger partial charge in [0.2, 0.25) is 5.95 Å². The molecule has 3 heterocycles. The summed E-state index contributed by atoms with van der Waals surface area (Å²) < 4.78 is 2.11. The maximum Gasteiger partial charge on any atom is 0.225 e. The van der Waals surface area contributed by atoms with Gasteiger partial charge in [0.1, 0.15) is 17.1 Å². The molecular weight excluding hydrogens is 459 g/mol. The molecule has 0 spiro atoms. The van der Waals surface area contributed by atoms with Gasteiger partial charge in [-0.3, -0.25) is 0 Å². The van der Waals surface area contributed by atoms with Gasteiger partial charge in [-0.1, -0.05) is 41.4 Å². The SMILES string of the molecule is Oc1cccc(CNc2ncc3nc(-c4c(Cl)cccc4Cl)n(C[C@@H]4CCCNC4)c3n2)c1. The van der Waals surface area contributed by atoms with Crippen molar-refractivity contribution < 1.29 is 5.11 Å². The molecule has 7 nitrogen and oxygen atoms in total. The molecule has 0 unspecified atom stereocenters. The summed E-state index contributed by atoms with van der Waals surface area (Å²) in [5, 5.41) is 17.5. The van der Waals surface area contributed by atoms with Gasteiger partial charge in [-0.2, -0.15) is 4.98 Å². The number of hydrogen-bond donors (Lipinski definition) is 3. The number of hydrogen-bond acceptors (Lipinski definition) is 6. The van der Waals surface area contributed by atoms with Gasteiger partial charge < -0.3 is 20.3 Å². The Morgan fingerprint density at radius 3 is 2.70 bits per heavy atom. The van der Waals surface area contributed by atoms with Gasteiger partial charge in [0.05, 0.1) is 21.8 Å². The zero-order chi connectivity index (χ0) is 22.8. The first-order valence-electron chi connectivity index (χ1n) is 11.0. The zero-order valence-electron chi connectivity index (χ0n) is 17.9. The highest BCUT2D eigenvalue weighted by Crippen LogP contribution is 2.36. The lowest BCUT2D eigenvalue weighted by Crippen LogP contribution is -2.32. The van der Waals surface area contributed by atoms with Crippen LogP contribution in [0.5, 0.6) is 5.75 Å². The van der Waals surface area contributed by atoms with Gasteiger partial charge in [0, 0.05) is 13.1 Å². The number of aromatic hydroxyl groups is 1. The molecule has 3 N–H and O–H groups in total. The second-order valence-corrected chi connectivity index (χ2v) is 9.10. The van der Waals surface area contributed by atoms with E-state index in [1.165, 1.54) is 0 Å². The minimum absolute atomic E-state index is 0.228. The number of nitrogens with one attached hydrogen (secondary N) is 2. The number of rotatable bonds is 6. The monoisotopic (exact) mass is 482 g/mol. The smallest absolute Gasteiger partial charge is 0.225 e. The van der Waals surface area contributed by atoms with Crippen LogP contribution in [0.2, 0.25) is 10.0 Å². The van der Waals surface area contributed by atoms with E-state index in [0.29, 0.717) is 45.4 Å². The fourth-order valence-corrected chi connectivity index (χ4v) is 4.83. The maximum absolute atomic E-state index is 9.70. The van der Waals surface area contributed by atoms with Crippen molar-refractivity contribution in [2.45, 2.75) is 25.9 Å². The van der Waals surface area contributed by atoms with Crippen molar-refractivity contribution in [1.29, 1.82) is 0 Å². The van der Waals surface area contributed by atoms with Crippen molar-refractivity contribution in [3.63, 3.8) is 0 Å². The lowest BCUT2D eigenvalue weighted by atomic mass is 9.99. The first kappa shape index (κ1) is 21.9. The number of nitrogens with zero attached hydrogens (tertiary/aromatic N) is 4. The quantitative estimate of drug-likeness (QED) is 0.353. The van der Waals surface area contributed by atoms with Gasteiger partial charge in [-0.15, -0.1) is 0 Å². The molecule has 2 aromatic carbocycles. The Kier molecular flexibility index (Phi) is 6.35. The average Bonchev–Trinajstić information content (AvgIpc) is 3.15. The molecule has 0 radical (unpaired) electrons. The summed E-state index contributed by atoms with van der Waals surface area (Å²) in [5.74, 6) is 1.87. The molecule has 1 aliphatic rings. The van der Waals surface area contributed by atoms with E-state index in [2.05, 4.69) is 20.2 Å². The molecular formula is C24H24Cl2N6O. The zero-order valence-corrected chi connectivity index (χ0v) is 19.4. The fourth-order valence-electron chi connectivity index (χ4n) is 4.26. The molecule has 4 aromatic rings. The number of aromatic nitrogens is 4. The maximum atomic E-state index is 9.70. The molecule has 2 aromatic heterocycles. The molecule has 170 valence electrons. The van der Waals surface area contributed by atoms with Gasteiger partial charge in [0.25, 0.3) is 0 Å². The Labute approximate surface area is 201 Å². The highest BCUT2D eigenvalue weighted by Gasteiger charge is 2.23. The summed E-state index contributed by atoms with van der Waals surface area (Å²) in [7, 11) is 0. The summed E-state index contributed by atoms with van der Waals surface area (Å²) in [6, 6.07) is 12.6. The Hall–Kier alpha value is -2.87. The van der Waals surface area contributed by atoms with Crippen LogP contribution in [0, 0.1) is 5.92 Å². The number of benzene rings is 2. The van der Waals surface area contributed by atoms with Crippen molar-refractivity contribution in [2.75, 3.05) is 18.4 Å². The topological polar surface area (TPSA) is 87.9 Å². The lowest BCUT2D eigenvalue weighted by molar-refractivity contribution is 0.341. The Balaban J connectivity index is 1.54. The number of fused-ring (bicyclic) bond motifs is 1. The van der Waals surface area contributed by atoms with Gasteiger partial charge in [0.15, 0.2) is 5.65 Å². The molecule has 33 heavy (non-hydrogen) atoms. The van der Waals surface area contributed by atoms with E-state index >= 15 is 0 Å². The lowest BCUT2D eigenvalue weighted by Gasteiger charge is -2.24. The van der Waals surface area contributed by atoms with Crippen molar-refractivity contribution >= 4 is 40.3 Å². The predicted octanol–water partition coefficient (Wildman–Crippen LogP) is 5.12. The summed E-state index contributed by atoms with van der Waals surface area (Å²) in [6.07, 6.45) is 4.00. The van der Waals surface area contributed by atoms with Crippen LogP contribution in [-0.4, -0.2) is 37.7 Å².